The van der Waals surface area contributed by atoms with Crippen LogP contribution in [0.2, 0.25) is 0 Å². The van der Waals surface area contributed by atoms with Crippen LogP contribution in [0.15, 0.2) is 53.7 Å². The van der Waals surface area contributed by atoms with Crippen LogP contribution in [0, 0.1) is 0 Å². The zero-order valence-corrected chi connectivity index (χ0v) is 13.1. The summed E-state index contributed by atoms with van der Waals surface area (Å²) in [5.74, 6) is -0.684. The quantitative estimate of drug-likeness (QED) is 0.784. The van der Waals surface area contributed by atoms with E-state index in [1.54, 1.807) is 36.7 Å². The van der Waals surface area contributed by atoms with Gasteiger partial charge in [0, 0.05) is 26.0 Å². The summed E-state index contributed by atoms with van der Waals surface area (Å²) in [4.78, 5) is 15.6. The van der Waals surface area contributed by atoms with Crippen molar-refractivity contribution in [2.45, 2.75) is 11.4 Å². The average molecular weight is 320 g/mol. The molecule has 0 bridgehead atoms. The number of carbonyl (C=O) groups is 1. The maximum absolute atomic E-state index is 12.7. The van der Waals surface area contributed by atoms with E-state index in [1.165, 1.54) is 30.6 Å². The minimum Gasteiger partial charge on any atom is -0.465 e. The summed E-state index contributed by atoms with van der Waals surface area (Å²) in [6.45, 7) is 0.181. The second-order valence-electron chi connectivity index (χ2n) is 4.60. The Hall–Kier alpha value is -2.25. The lowest BCUT2D eigenvalue weighted by molar-refractivity contribution is 0.0596. The predicted molar refractivity (Wildman–Crippen MR) is 80.7 cm³/mol. The molecule has 1 aromatic carbocycles. The highest BCUT2D eigenvalue weighted by Crippen LogP contribution is 2.21. The number of sulfonamides is 1. The first-order valence-corrected chi connectivity index (χ1v) is 7.93. The Morgan fingerprint density at radius 3 is 2.45 bits per heavy atom. The van der Waals surface area contributed by atoms with Crippen molar-refractivity contribution in [2.24, 2.45) is 0 Å². The fourth-order valence-electron chi connectivity index (χ4n) is 1.97. The van der Waals surface area contributed by atoms with Crippen molar-refractivity contribution in [2.75, 3.05) is 14.2 Å². The normalized spacial score (nSPS) is 11.4. The zero-order valence-electron chi connectivity index (χ0n) is 12.3. The third-order valence-electron chi connectivity index (χ3n) is 3.14. The molecule has 1 heterocycles. The van der Waals surface area contributed by atoms with E-state index in [-0.39, 0.29) is 17.0 Å². The molecule has 0 aliphatic carbocycles. The molecule has 0 N–H and O–H groups in total. The highest BCUT2D eigenvalue weighted by atomic mass is 32.2. The summed E-state index contributed by atoms with van der Waals surface area (Å²) in [7, 11) is -1.13. The van der Waals surface area contributed by atoms with Crippen LogP contribution in [0.3, 0.4) is 0 Å². The van der Waals surface area contributed by atoms with Gasteiger partial charge in [-0.25, -0.2) is 13.2 Å². The number of pyridine rings is 1. The van der Waals surface area contributed by atoms with Crippen LogP contribution in [0.4, 0.5) is 0 Å². The summed E-state index contributed by atoms with van der Waals surface area (Å²) in [5, 5.41) is 0. The van der Waals surface area contributed by atoms with E-state index < -0.39 is 16.0 Å². The van der Waals surface area contributed by atoms with Gasteiger partial charge in [-0.2, -0.15) is 4.31 Å². The molecule has 0 atom stereocenters. The smallest absolute Gasteiger partial charge is 0.339 e. The molecule has 0 radical (unpaired) electrons. The molecule has 0 aliphatic rings. The number of hydrogen-bond acceptors (Lipinski definition) is 5. The molecular weight excluding hydrogens is 304 g/mol. The van der Waals surface area contributed by atoms with Crippen molar-refractivity contribution >= 4 is 16.0 Å². The van der Waals surface area contributed by atoms with Crippen molar-refractivity contribution in [3.05, 3.63) is 59.9 Å². The molecule has 0 saturated carbocycles. The van der Waals surface area contributed by atoms with Crippen molar-refractivity contribution < 1.29 is 17.9 Å². The molecule has 2 aromatic rings. The van der Waals surface area contributed by atoms with E-state index in [4.69, 9.17) is 0 Å². The number of esters is 1. The summed E-state index contributed by atoms with van der Waals surface area (Å²) in [6.07, 6.45) is 3.19. The molecule has 0 saturated heterocycles. The molecule has 0 unspecified atom stereocenters. The largest absolute Gasteiger partial charge is 0.465 e. The first kappa shape index (κ1) is 16.1. The van der Waals surface area contributed by atoms with Gasteiger partial charge >= 0.3 is 5.97 Å². The molecule has 116 valence electrons. The highest BCUT2D eigenvalue weighted by Gasteiger charge is 2.26. The van der Waals surface area contributed by atoms with Gasteiger partial charge in [0.1, 0.15) is 0 Å². The van der Waals surface area contributed by atoms with E-state index in [9.17, 15) is 13.2 Å². The number of benzene rings is 1. The first-order valence-electron chi connectivity index (χ1n) is 6.49. The van der Waals surface area contributed by atoms with Crippen LogP contribution in [0.25, 0.3) is 0 Å². The molecule has 1 aromatic heterocycles. The Kier molecular flexibility index (Phi) is 4.89. The van der Waals surface area contributed by atoms with Crippen LogP contribution in [0.1, 0.15) is 15.9 Å². The van der Waals surface area contributed by atoms with Crippen molar-refractivity contribution in [3.63, 3.8) is 0 Å². The van der Waals surface area contributed by atoms with E-state index >= 15 is 0 Å². The molecule has 22 heavy (non-hydrogen) atoms. The minimum atomic E-state index is -3.81. The van der Waals surface area contributed by atoms with E-state index in [0.29, 0.717) is 0 Å². The van der Waals surface area contributed by atoms with Gasteiger partial charge in [-0.05, 0) is 29.8 Å². The van der Waals surface area contributed by atoms with E-state index in [1.807, 2.05) is 0 Å². The van der Waals surface area contributed by atoms with E-state index in [0.717, 1.165) is 5.56 Å². The third kappa shape index (κ3) is 3.32. The highest BCUT2D eigenvalue weighted by molar-refractivity contribution is 7.89. The number of carbonyl (C=O) groups excluding carboxylic acids is 1. The third-order valence-corrected chi connectivity index (χ3v) is 5.00. The Labute approximate surface area is 129 Å². The first-order chi connectivity index (χ1) is 10.5. The van der Waals surface area contributed by atoms with Gasteiger partial charge in [0.15, 0.2) is 0 Å². The molecule has 0 fully saturated rings. The Morgan fingerprint density at radius 1 is 1.18 bits per heavy atom. The van der Waals surface area contributed by atoms with Gasteiger partial charge in [-0.3, -0.25) is 4.98 Å². The SMILES string of the molecule is COC(=O)c1ccccc1S(=O)(=O)N(C)Cc1ccncc1. The monoisotopic (exact) mass is 320 g/mol. The van der Waals surface area contributed by atoms with Gasteiger partial charge in [0.2, 0.25) is 10.0 Å². The van der Waals surface area contributed by atoms with Crippen molar-refractivity contribution in [3.8, 4) is 0 Å². The molecule has 0 amide bonds. The van der Waals surface area contributed by atoms with Crippen LogP contribution >= 0.6 is 0 Å². The maximum atomic E-state index is 12.7. The number of ether oxygens (including phenoxy) is 1. The molecule has 0 aliphatic heterocycles. The molecule has 2 rings (SSSR count). The molecule has 0 spiro atoms. The Morgan fingerprint density at radius 2 is 1.82 bits per heavy atom. The Balaban J connectivity index is 2.36. The van der Waals surface area contributed by atoms with Gasteiger partial charge in [-0.1, -0.05) is 12.1 Å². The molecular formula is C15H16N2O4S. The predicted octanol–water partition coefficient (Wildman–Crippen LogP) is 1.69. The average Bonchev–Trinajstić information content (AvgIpc) is 2.55. The number of nitrogens with zero attached hydrogens (tertiary/aromatic N) is 2. The second kappa shape index (κ2) is 6.67. The standard InChI is InChI=1S/C15H16N2O4S/c1-17(11-12-7-9-16-10-8-12)22(19,20)14-6-4-3-5-13(14)15(18)21-2/h3-10H,11H2,1-2H3. The number of hydrogen-bond donors (Lipinski definition) is 0. The summed E-state index contributed by atoms with van der Waals surface area (Å²) < 4.78 is 31.2. The lowest BCUT2D eigenvalue weighted by Crippen LogP contribution is -2.28. The Bertz CT molecular complexity index is 760. The summed E-state index contributed by atoms with van der Waals surface area (Å²) in [6, 6.07) is 9.45. The van der Waals surface area contributed by atoms with Crippen LogP contribution in [0.5, 0.6) is 0 Å². The zero-order chi connectivity index (χ0) is 16.2. The second-order valence-corrected chi connectivity index (χ2v) is 6.62. The topological polar surface area (TPSA) is 76.6 Å². The summed E-state index contributed by atoms with van der Waals surface area (Å²) >= 11 is 0. The maximum Gasteiger partial charge on any atom is 0.339 e. The van der Waals surface area contributed by atoms with Gasteiger partial charge in [-0.15, -0.1) is 0 Å². The fraction of sp³-hybridized carbons (Fsp3) is 0.200. The van der Waals surface area contributed by atoms with Crippen LogP contribution < -0.4 is 0 Å². The number of aromatic nitrogens is 1. The van der Waals surface area contributed by atoms with Crippen molar-refractivity contribution in [1.29, 1.82) is 0 Å². The summed E-state index contributed by atoms with van der Waals surface area (Å²) in [5.41, 5.74) is 0.822. The van der Waals surface area contributed by atoms with Gasteiger partial charge < -0.3 is 4.74 Å². The van der Waals surface area contributed by atoms with Gasteiger partial charge in [0.25, 0.3) is 0 Å². The fourth-order valence-corrected chi connectivity index (χ4v) is 3.30. The minimum absolute atomic E-state index is 0.0200. The van der Waals surface area contributed by atoms with E-state index in [2.05, 4.69) is 9.72 Å². The number of methoxy groups -OCH3 is 1. The van der Waals surface area contributed by atoms with Gasteiger partial charge in [0.05, 0.1) is 17.6 Å². The lowest BCUT2D eigenvalue weighted by atomic mass is 10.2. The molecule has 7 heteroatoms. The number of rotatable bonds is 5. The van der Waals surface area contributed by atoms with Crippen LogP contribution in [-0.2, 0) is 21.3 Å². The van der Waals surface area contributed by atoms with Crippen molar-refractivity contribution in [1.82, 2.24) is 9.29 Å². The van der Waals surface area contributed by atoms with Crippen LogP contribution in [-0.4, -0.2) is 37.8 Å². The molecule has 6 nitrogen and oxygen atoms in total. The lowest BCUT2D eigenvalue weighted by Gasteiger charge is -2.18.